The topological polar surface area (TPSA) is 194 Å². The van der Waals surface area contributed by atoms with E-state index in [-0.39, 0.29) is 29.7 Å². The number of hydrogen-bond acceptors (Lipinski definition) is 10. The van der Waals surface area contributed by atoms with Crippen LogP contribution >= 0.6 is 0 Å². The van der Waals surface area contributed by atoms with E-state index in [2.05, 4.69) is 5.32 Å². The van der Waals surface area contributed by atoms with Crippen LogP contribution < -0.4 is 16.0 Å². The smallest absolute Gasteiger partial charge is 0.255 e. The summed E-state index contributed by atoms with van der Waals surface area (Å²) in [6, 6.07) is 0.399. The first-order valence-electron chi connectivity index (χ1n) is 11.6. The third-order valence-electron chi connectivity index (χ3n) is 7.49. The molecule has 0 saturated heterocycles. The van der Waals surface area contributed by atoms with Crippen molar-refractivity contribution in [2.45, 2.75) is 31.4 Å². The van der Waals surface area contributed by atoms with Crippen LogP contribution in [0.4, 0.5) is 11.4 Å². The molecule has 3 unspecified atom stereocenters. The number of primary amides is 1. The summed E-state index contributed by atoms with van der Waals surface area (Å²) in [5, 5.41) is 47.4. The summed E-state index contributed by atoms with van der Waals surface area (Å²) < 4.78 is 0. The zero-order valence-electron chi connectivity index (χ0n) is 21.1. The lowest BCUT2D eigenvalue weighted by Crippen LogP contribution is -2.65. The molecule has 0 radical (unpaired) electrons. The zero-order chi connectivity index (χ0) is 27.7. The lowest BCUT2D eigenvalue weighted by molar-refractivity contribution is -0.153. The minimum Gasteiger partial charge on any atom is -0.508 e. The van der Waals surface area contributed by atoms with Crippen molar-refractivity contribution < 1.29 is 39.6 Å². The van der Waals surface area contributed by atoms with Gasteiger partial charge >= 0.3 is 0 Å². The first kappa shape index (κ1) is 26.2. The molecule has 1 aromatic rings. The molecular weight excluding hydrogens is 484 g/mol. The summed E-state index contributed by atoms with van der Waals surface area (Å²) in [5.74, 6) is -7.74. The second kappa shape index (κ2) is 8.60. The monoisotopic (exact) mass is 514 g/mol. The number of nitrogens with zero attached hydrogens (tertiary/aromatic N) is 2. The zero-order valence-corrected chi connectivity index (χ0v) is 21.1. The molecule has 1 aromatic carbocycles. The number of phenols is 1. The highest BCUT2D eigenvalue weighted by Gasteiger charge is 2.64. The fourth-order valence-corrected chi connectivity index (χ4v) is 5.98. The number of hydrogen-bond donors (Lipinski definition) is 6. The van der Waals surface area contributed by atoms with Crippen molar-refractivity contribution in [3.8, 4) is 5.75 Å². The number of aliphatic hydroxyl groups excluding tert-OH is 2. The van der Waals surface area contributed by atoms with Gasteiger partial charge < -0.3 is 36.4 Å². The van der Waals surface area contributed by atoms with E-state index in [9.17, 15) is 39.6 Å². The number of nitrogens with one attached hydrogen (secondary N) is 1. The second-order valence-corrected chi connectivity index (χ2v) is 10.2. The van der Waals surface area contributed by atoms with E-state index in [1.54, 1.807) is 39.2 Å². The van der Waals surface area contributed by atoms with Gasteiger partial charge in [-0.2, -0.15) is 0 Å². The van der Waals surface area contributed by atoms with Gasteiger partial charge in [-0.15, -0.1) is 0 Å². The summed E-state index contributed by atoms with van der Waals surface area (Å²) in [4.78, 5) is 54.0. The Morgan fingerprint density at radius 3 is 2.27 bits per heavy atom. The van der Waals surface area contributed by atoms with Gasteiger partial charge in [0.25, 0.3) is 5.91 Å². The molecule has 1 fully saturated rings. The van der Waals surface area contributed by atoms with Crippen molar-refractivity contribution in [2.24, 2.45) is 17.6 Å². The average molecular weight is 515 g/mol. The molecule has 37 heavy (non-hydrogen) atoms. The van der Waals surface area contributed by atoms with Gasteiger partial charge in [-0.05, 0) is 44.5 Å². The molecule has 12 nitrogen and oxygen atoms in total. The van der Waals surface area contributed by atoms with Gasteiger partial charge in [-0.25, -0.2) is 0 Å². The van der Waals surface area contributed by atoms with Crippen LogP contribution in [0.1, 0.15) is 24.5 Å². The molecule has 0 heterocycles. The molecule has 7 N–H and O–H groups in total. The Morgan fingerprint density at radius 2 is 1.76 bits per heavy atom. The largest absolute Gasteiger partial charge is 0.508 e. The van der Waals surface area contributed by atoms with Gasteiger partial charge in [0, 0.05) is 38.2 Å². The van der Waals surface area contributed by atoms with E-state index in [0.717, 1.165) is 0 Å². The van der Waals surface area contributed by atoms with Crippen LogP contribution in [-0.2, 0) is 25.6 Å². The molecule has 4 rings (SSSR count). The fraction of sp³-hybridized carbons (Fsp3) is 0.440. The second-order valence-electron chi connectivity index (χ2n) is 10.2. The van der Waals surface area contributed by atoms with Gasteiger partial charge in [0.05, 0.1) is 17.3 Å². The number of aliphatic hydroxyl groups is 3. The number of phenolic OH excluding ortho intramolecular Hbond substituents is 1. The number of ketones is 2. The fourth-order valence-electron chi connectivity index (χ4n) is 5.98. The Labute approximate surface area is 212 Å². The van der Waals surface area contributed by atoms with E-state index < -0.39 is 69.7 Å². The molecule has 3 aliphatic rings. The van der Waals surface area contributed by atoms with E-state index in [1.807, 2.05) is 0 Å². The van der Waals surface area contributed by atoms with Crippen LogP contribution in [0.2, 0.25) is 0 Å². The SMILES string of the molecule is CC(=O)Nc1cc(N(C)C)c2c(c1O)C(O)=C1C(=O)C3(O)C(O)=C(C(N)=O)C(=O)[C@@H](N(C)C)C3CC1C2. The van der Waals surface area contributed by atoms with Gasteiger partial charge in [-0.3, -0.25) is 24.1 Å². The maximum absolute atomic E-state index is 13.9. The number of nitrogens with two attached hydrogens (primary N) is 1. The number of amides is 2. The minimum absolute atomic E-state index is 0.00710. The third-order valence-corrected chi connectivity index (χ3v) is 7.49. The normalized spacial score (nSPS) is 27.1. The third kappa shape index (κ3) is 3.58. The molecule has 4 atom stereocenters. The Hall–Kier alpha value is -3.90. The lowest BCUT2D eigenvalue weighted by Gasteiger charge is -2.50. The quantitative estimate of drug-likeness (QED) is 0.235. The number of carbonyl (C=O) groups is 4. The van der Waals surface area contributed by atoms with Crippen molar-refractivity contribution in [2.75, 3.05) is 38.4 Å². The van der Waals surface area contributed by atoms with Gasteiger partial charge in [0.15, 0.2) is 11.4 Å². The van der Waals surface area contributed by atoms with Crippen LogP contribution in [0, 0.1) is 11.8 Å². The van der Waals surface area contributed by atoms with Gasteiger partial charge in [0.1, 0.15) is 22.8 Å². The van der Waals surface area contributed by atoms with Crippen LogP contribution in [0.25, 0.3) is 5.76 Å². The van der Waals surface area contributed by atoms with Crippen LogP contribution in [-0.4, -0.2) is 88.5 Å². The Balaban J connectivity index is 2.01. The summed E-state index contributed by atoms with van der Waals surface area (Å²) in [6.45, 7) is 1.25. The Morgan fingerprint density at radius 1 is 1.14 bits per heavy atom. The first-order chi connectivity index (χ1) is 17.1. The number of carbonyl (C=O) groups excluding carboxylic acids is 4. The number of Topliss-reactive ketones (excluding diaryl/α,β-unsaturated/α-hetero) is 2. The number of likely N-dealkylation sites (N-methyl/N-ethyl adjacent to an activating group) is 1. The van der Waals surface area contributed by atoms with Crippen LogP contribution in [0.5, 0.6) is 5.75 Å². The molecule has 198 valence electrons. The predicted octanol–water partition coefficient (Wildman–Crippen LogP) is -0.0116. The van der Waals surface area contributed by atoms with Crippen LogP contribution in [0.15, 0.2) is 23.0 Å². The van der Waals surface area contributed by atoms with Crippen molar-refractivity contribution in [1.82, 2.24) is 4.90 Å². The summed E-state index contributed by atoms with van der Waals surface area (Å²) >= 11 is 0. The lowest BCUT2D eigenvalue weighted by atomic mass is 9.57. The van der Waals surface area contributed by atoms with Gasteiger partial charge in [0.2, 0.25) is 11.7 Å². The van der Waals surface area contributed by atoms with Crippen molar-refractivity contribution in [1.29, 1.82) is 0 Å². The summed E-state index contributed by atoms with van der Waals surface area (Å²) in [5.41, 5.74) is 2.48. The van der Waals surface area contributed by atoms with E-state index >= 15 is 0 Å². The molecule has 2 amide bonds. The standard InChI is InChI=1S/C25H30N4O8/c1-9(30)27-13-8-14(28(2)3)11-6-10-7-12-18(29(4)5)21(33)17(24(26)36)23(35)25(12,37)22(34)15(10)20(32)16(11)19(13)31/h8,10,12,18,31-32,35,37H,6-7H2,1-5H3,(H2,26,36)(H,27,30)/t10?,12?,18-,25?/m0/s1. The summed E-state index contributed by atoms with van der Waals surface area (Å²) in [6.07, 6.45) is 0.142. The molecule has 0 bridgehead atoms. The Kier molecular flexibility index (Phi) is 6.08. The van der Waals surface area contributed by atoms with E-state index in [4.69, 9.17) is 5.73 Å². The Bertz CT molecular complexity index is 1330. The highest BCUT2D eigenvalue weighted by atomic mass is 16.3. The van der Waals surface area contributed by atoms with E-state index in [1.165, 1.54) is 11.8 Å². The van der Waals surface area contributed by atoms with Gasteiger partial charge in [-0.1, -0.05) is 0 Å². The van der Waals surface area contributed by atoms with Crippen molar-refractivity contribution in [3.05, 3.63) is 34.1 Å². The molecule has 12 heteroatoms. The number of benzene rings is 1. The summed E-state index contributed by atoms with van der Waals surface area (Å²) in [7, 11) is 6.56. The van der Waals surface area contributed by atoms with Crippen molar-refractivity contribution in [3.63, 3.8) is 0 Å². The molecule has 0 spiro atoms. The van der Waals surface area contributed by atoms with E-state index in [0.29, 0.717) is 11.3 Å². The molecule has 0 aromatic heterocycles. The predicted molar refractivity (Wildman–Crippen MR) is 133 cm³/mol. The molecule has 3 aliphatic carbocycles. The average Bonchev–Trinajstić information content (AvgIpc) is 2.77. The van der Waals surface area contributed by atoms with Crippen molar-refractivity contribution >= 4 is 40.5 Å². The van der Waals surface area contributed by atoms with Crippen LogP contribution in [0.3, 0.4) is 0 Å². The minimum atomic E-state index is -2.71. The maximum atomic E-state index is 13.9. The number of anilines is 2. The highest BCUT2D eigenvalue weighted by Crippen LogP contribution is 2.54. The first-order valence-corrected chi connectivity index (χ1v) is 11.6. The molecule has 1 saturated carbocycles. The molecular formula is C25H30N4O8. The highest BCUT2D eigenvalue weighted by molar-refractivity contribution is 6.24. The number of fused-ring (bicyclic) bond motifs is 3. The maximum Gasteiger partial charge on any atom is 0.255 e. The molecule has 0 aliphatic heterocycles. The number of aromatic hydroxyl groups is 1. The number of rotatable bonds is 4.